The number of halogens is 1. The van der Waals surface area contributed by atoms with Crippen molar-refractivity contribution in [2.75, 3.05) is 47.8 Å². The molecule has 1 aliphatic carbocycles. The van der Waals surface area contributed by atoms with E-state index in [1.165, 1.54) is 6.07 Å². The monoisotopic (exact) mass is 507 g/mol. The van der Waals surface area contributed by atoms with E-state index in [0.717, 1.165) is 51.0 Å². The van der Waals surface area contributed by atoms with Gasteiger partial charge in [-0.3, -0.25) is 14.5 Å². The highest BCUT2D eigenvalue weighted by atomic mass is 19.1. The molecular formula is C27H34FN7O2. The maximum Gasteiger partial charge on any atom is 0.244 e. The maximum absolute atomic E-state index is 15.0. The molecule has 2 amide bonds. The summed E-state index contributed by atoms with van der Waals surface area (Å²) in [5.74, 6) is 0.419. The molecule has 1 atom stereocenters. The fraction of sp³-hybridized carbons (Fsp3) is 0.556. The lowest BCUT2D eigenvalue weighted by Crippen LogP contribution is -2.66. The molecule has 1 aromatic heterocycles. The number of carbonyl (C=O) groups is 2. The minimum Gasteiger partial charge on any atom is -0.367 e. The van der Waals surface area contributed by atoms with Gasteiger partial charge in [-0.15, -0.1) is 0 Å². The minimum atomic E-state index is -1.09. The third kappa shape index (κ3) is 3.75. The molecule has 4 heterocycles. The molecule has 1 spiro atoms. The molecule has 9 nitrogen and oxygen atoms in total. The first-order chi connectivity index (χ1) is 17.8. The standard InChI is InChI=1S/C27H34FN7O2/c1-17(2)27(6-3-7-27)35-22-18(15-26(24(35)37)8-9-30-23(26)36)16-31-25(33-22)32-19-4-5-21(20(28)14-19)34-12-10-29-11-13-34/h4-5,14,16-17,29H,3,6-13,15H2,1-2H3,(H,30,36)(H,31,32,33)/t26-/m0/s1. The highest BCUT2D eigenvalue weighted by molar-refractivity contribution is 6.15. The van der Waals surface area contributed by atoms with Gasteiger partial charge < -0.3 is 20.9 Å². The molecule has 0 unspecified atom stereocenters. The summed E-state index contributed by atoms with van der Waals surface area (Å²) in [4.78, 5) is 40.2. The van der Waals surface area contributed by atoms with E-state index in [-0.39, 0.29) is 29.1 Å². The summed E-state index contributed by atoms with van der Waals surface area (Å²) in [5, 5.41) is 9.29. The van der Waals surface area contributed by atoms with Crippen molar-refractivity contribution in [3.05, 3.63) is 35.8 Å². The maximum atomic E-state index is 15.0. The Morgan fingerprint density at radius 3 is 2.51 bits per heavy atom. The smallest absolute Gasteiger partial charge is 0.244 e. The number of fused-ring (bicyclic) bond motifs is 1. The molecule has 4 aliphatic rings. The molecular weight excluding hydrogens is 473 g/mol. The predicted octanol–water partition coefficient (Wildman–Crippen LogP) is 2.74. The van der Waals surface area contributed by atoms with Crippen molar-refractivity contribution in [2.45, 2.75) is 51.5 Å². The lowest BCUT2D eigenvalue weighted by molar-refractivity contribution is -0.141. The summed E-state index contributed by atoms with van der Waals surface area (Å²) in [6.45, 7) is 7.95. The van der Waals surface area contributed by atoms with E-state index in [9.17, 15) is 14.0 Å². The molecule has 37 heavy (non-hydrogen) atoms. The number of benzene rings is 1. The van der Waals surface area contributed by atoms with E-state index < -0.39 is 5.41 Å². The van der Waals surface area contributed by atoms with Gasteiger partial charge in [0.25, 0.3) is 0 Å². The van der Waals surface area contributed by atoms with Crippen LogP contribution in [0, 0.1) is 17.2 Å². The van der Waals surface area contributed by atoms with Crippen LogP contribution in [0.2, 0.25) is 0 Å². The van der Waals surface area contributed by atoms with Gasteiger partial charge in [0.2, 0.25) is 17.8 Å². The number of nitrogens with zero attached hydrogens (tertiary/aromatic N) is 4. The van der Waals surface area contributed by atoms with Crippen molar-refractivity contribution in [2.24, 2.45) is 11.3 Å². The van der Waals surface area contributed by atoms with Crippen molar-refractivity contribution in [1.29, 1.82) is 0 Å². The van der Waals surface area contributed by atoms with Crippen molar-refractivity contribution in [3.8, 4) is 0 Å². The van der Waals surface area contributed by atoms with Crippen LogP contribution in [-0.2, 0) is 16.0 Å². The number of carbonyl (C=O) groups excluding carboxylic acids is 2. The Bertz CT molecular complexity index is 1240. The first-order valence-electron chi connectivity index (χ1n) is 13.4. The molecule has 1 saturated carbocycles. The third-order valence-corrected chi connectivity index (χ3v) is 8.83. The van der Waals surface area contributed by atoms with Crippen LogP contribution in [0.5, 0.6) is 0 Å². The second kappa shape index (κ2) is 8.93. The lowest BCUT2D eigenvalue weighted by Gasteiger charge is -2.56. The highest BCUT2D eigenvalue weighted by Gasteiger charge is 2.60. The largest absolute Gasteiger partial charge is 0.367 e. The first kappa shape index (κ1) is 24.1. The third-order valence-electron chi connectivity index (χ3n) is 8.83. The van der Waals surface area contributed by atoms with E-state index >= 15 is 0 Å². The summed E-state index contributed by atoms with van der Waals surface area (Å²) >= 11 is 0. The van der Waals surface area contributed by atoms with E-state index in [4.69, 9.17) is 4.98 Å². The summed E-state index contributed by atoms with van der Waals surface area (Å²) in [5.41, 5.74) is 0.462. The fourth-order valence-corrected chi connectivity index (χ4v) is 6.42. The van der Waals surface area contributed by atoms with Gasteiger partial charge in [0.05, 0.1) is 11.2 Å². The van der Waals surface area contributed by atoms with Gasteiger partial charge in [-0.25, -0.2) is 9.37 Å². The zero-order chi connectivity index (χ0) is 25.8. The lowest BCUT2D eigenvalue weighted by atomic mass is 9.65. The fourth-order valence-electron chi connectivity index (χ4n) is 6.42. The van der Waals surface area contributed by atoms with Crippen molar-refractivity contribution in [3.63, 3.8) is 0 Å². The molecule has 0 radical (unpaired) electrons. The minimum absolute atomic E-state index is 0.153. The average Bonchev–Trinajstić information content (AvgIpc) is 3.22. The second-order valence-corrected chi connectivity index (χ2v) is 11.1. The Hall–Kier alpha value is -3.27. The van der Waals surface area contributed by atoms with E-state index in [1.807, 2.05) is 15.9 Å². The Morgan fingerprint density at radius 2 is 1.89 bits per heavy atom. The van der Waals surface area contributed by atoms with Crippen LogP contribution in [0.25, 0.3) is 0 Å². The summed E-state index contributed by atoms with van der Waals surface area (Å²) in [7, 11) is 0. The van der Waals surface area contributed by atoms with Gasteiger partial charge in [0.15, 0.2) is 0 Å². The van der Waals surface area contributed by atoms with Crippen molar-refractivity contribution in [1.82, 2.24) is 20.6 Å². The van der Waals surface area contributed by atoms with Gasteiger partial charge in [-0.05, 0) is 49.8 Å². The highest BCUT2D eigenvalue weighted by Crippen LogP contribution is 2.51. The second-order valence-electron chi connectivity index (χ2n) is 11.1. The molecule has 196 valence electrons. The van der Waals surface area contributed by atoms with Gasteiger partial charge in [-0.1, -0.05) is 13.8 Å². The van der Waals surface area contributed by atoms with Crippen LogP contribution in [0.3, 0.4) is 0 Å². The Labute approximate surface area is 216 Å². The van der Waals surface area contributed by atoms with Gasteiger partial charge in [0.1, 0.15) is 17.1 Å². The molecule has 3 N–H and O–H groups in total. The first-order valence-corrected chi connectivity index (χ1v) is 13.4. The molecule has 3 aliphatic heterocycles. The van der Waals surface area contributed by atoms with Crippen molar-refractivity contribution >= 4 is 35.0 Å². The number of hydrogen-bond donors (Lipinski definition) is 3. The molecule has 0 bridgehead atoms. The molecule has 2 aromatic rings. The van der Waals surface area contributed by atoms with Crippen LogP contribution in [-0.4, -0.2) is 60.0 Å². The normalized spacial score (nSPS) is 24.8. The zero-order valence-electron chi connectivity index (χ0n) is 21.4. The number of hydrogen-bond acceptors (Lipinski definition) is 7. The Kier molecular flexibility index (Phi) is 5.82. The summed E-state index contributed by atoms with van der Waals surface area (Å²) in [6.07, 6.45) is 5.28. The SMILES string of the molecule is CC(C)C1(N2C(=O)[C@@]3(CCNC3=O)Cc3cnc(Nc4ccc(N5CCNCC5)c(F)c4)nc32)CCC1. The number of amides is 2. The number of piperazine rings is 1. The zero-order valence-corrected chi connectivity index (χ0v) is 21.4. The van der Waals surface area contributed by atoms with Crippen LogP contribution >= 0.6 is 0 Å². The van der Waals surface area contributed by atoms with Gasteiger partial charge in [-0.2, -0.15) is 4.98 Å². The van der Waals surface area contributed by atoms with Crippen LogP contribution < -0.4 is 25.8 Å². The van der Waals surface area contributed by atoms with Crippen molar-refractivity contribution < 1.29 is 14.0 Å². The van der Waals surface area contributed by atoms with Crippen LogP contribution in [0.4, 0.5) is 27.5 Å². The van der Waals surface area contributed by atoms with Crippen LogP contribution in [0.1, 0.15) is 45.1 Å². The Balaban J connectivity index is 1.34. The average molecular weight is 508 g/mol. The number of anilines is 4. The van der Waals surface area contributed by atoms with Gasteiger partial charge >= 0.3 is 0 Å². The number of rotatable bonds is 5. The summed E-state index contributed by atoms with van der Waals surface area (Å²) in [6, 6.07) is 5.07. The molecule has 6 rings (SSSR count). The predicted molar refractivity (Wildman–Crippen MR) is 139 cm³/mol. The molecule has 10 heteroatoms. The van der Waals surface area contributed by atoms with E-state index in [2.05, 4.69) is 34.8 Å². The number of aromatic nitrogens is 2. The molecule has 1 aromatic carbocycles. The molecule has 3 fully saturated rings. The molecule has 2 saturated heterocycles. The van der Waals surface area contributed by atoms with Gasteiger partial charge in [0, 0.05) is 56.6 Å². The number of nitrogens with one attached hydrogen (secondary N) is 3. The Morgan fingerprint density at radius 1 is 1.11 bits per heavy atom. The van der Waals surface area contributed by atoms with E-state index in [0.29, 0.717) is 42.5 Å². The quantitative estimate of drug-likeness (QED) is 0.535. The van der Waals surface area contributed by atoms with E-state index in [1.54, 1.807) is 12.3 Å². The topological polar surface area (TPSA) is 102 Å². The summed E-state index contributed by atoms with van der Waals surface area (Å²) < 4.78 is 15.0. The van der Waals surface area contributed by atoms with Crippen LogP contribution in [0.15, 0.2) is 24.4 Å².